The molecule has 1 saturated heterocycles. The molecular weight excluding hydrogens is 371 g/mol. The Balaban J connectivity index is 1.39. The summed E-state index contributed by atoms with van der Waals surface area (Å²) in [4.78, 5) is 28.6. The fraction of sp³-hybridized carbons (Fsp3) is 0.364. The predicted molar refractivity (Wildman–Crippen MR) is 113 cm³/mol. The summed E-state index contributed by atoms with van der Waals surface area (Å²) in [5, 5.41) is 5.35. The Bertz CT molecular complexity index is 862. The van der Waals surface area contributed by atoms with E-state index in [1.165, 1.54) is 12.1 Å². The molecule has 2 aromatic rings. The van der Waals surface area contributed by atoms with E-state index in [4.69, 9.17) is 0 Å². The van der Waals surface area contributed by atoms with Gasteiger partial charge in [0, 0.05) is 50.6 Å². The summed E-state index contributed by atoms with van der Waals surface area (Å²) in [6.07, 6.45) is 0. The van der Waals surface area contributed by atoms with Gasteiger partial charge in [-0.15, -0.1) is 0 Å². The molecule has 2 aromatic carbocycles. The average molecular weight is 398 g/mol. The molecule has 0 radical (unpaired) electrons. The molecule has 1 aliphatic heterocycles. The average Bonchev–Trinajstić information content (AvgIpc) is 2.72. The summed E-state index contributed by atoms with van der Waals surface area (Å²) >= 11 is 0. The first kappa shape index (κ1) is 20.8. The Hall–Kier alpha value is -2.93. The quantitative estimate of drug-likeness (QED) is 0.759. The summed E-state index contributed by atoms with van der Waals surface area (Å²) in [7, 11) is 0. The number of benzene rings is 2. The lowest BCUT2D eigenvalue weighted by molar-refractivity contribution is -0.136. The number of carbonyl (C=O) groups is 2. The largest absolute Gasteiger partial charge is 0.369 e. The van der Waals surface area contributed by atoms with Gasteiger partial charge >= 0.3 is 11.8 Å². The van der Waals surface area contributed by atoms with E-state index < -0.39 is 11.8 Å². The lowest BCUT2D eigenvalue weighted by Crippen LogP contribution is -2.49. The Morgan fingerprint density at radius 2 is 1.66 bits per heavy atom. The van der Waals surface area contributed by atoms with Gasteiger partial charge in [0.15, 0.2) is 0 Å². The second-order valence-electron chi connectivity index (χ2n) is 7.26. The molecule has 2 amide bonds. The van der Waals surface area contributed by atoms with Gasteiger partial charge in [-0.25, -0.2) is 4.39 Å². The van der Waals surface area contributed by atoms with Gasteiger partial charge in [0.1, 0.15) is 5.82 Å². The number of nitrogens with zero attached hydrogens (tertiary/aromatic N) is 2. The minimum Gasteiger partial charge on any atom is -0.369 e. The van der Waals surface area contributed by atoms with Crippen molar-refractivity contribution >= 4 is 23.2 Å². The van der Waals surface area contributed by atoms with E-state index in [2.05, 4.69) is 20.4 Å². The molecule has 0 spiro atoms. The standard InChI is InChI=1S/C22H27FN4O2/c1-16-4-3-5-20(17(16)2)25-22(29)21(28)24-10-11-26-12-14-27(15-13-26)19-8-6-18(23)7-9-19/h3-9H,10-15H2,1-2H3,(H,24,28)(H,25,29). The minimum atomic E-state index is -0.653. The van der Waals surface area contributed by atoms with Gasteiger partial charge < -0.3 is 15.5 Å². The number of hydrogen-bond acceptors (Lipinski definition) is 4. The molecular formula is C22H27FN4O2. The highest BCUT2D eigenvalue weighted by atomic mass is 19.1. The summed E-state index contributed by atoms with van der Waals surface area (Å²) < 4.78 is 13.0. The molecule has 3 rings (SSSR count). The number of piperazine rings is 1. The van der Waals surface area contributed by atoms with E-state index in [0.29, 0.717) is 18.8 Å². The Labute approximate surface area is 170 Å². The number of nitrogens with one attached hydrogen (secondary N) is 2. The lowest BCUT2D eigenvalue weighted by atomic mass is 10.1. The second-order valence-corrected chi connectivity index (χ2v) is 7.26. The summed E-state index contributed by atoms with van der Waals surface area (Å²) in [6.45, 7) is 8.34. The van der Waals surface area contributed by atoms with E-state index in [1.54, 1.807) is 18.2 Å². The molecule has 1 heterocycles. The first-order valence-corrected chi connectivity index (χ1v) is 9.82. The van der Waals surface area contributed by atoms with Crippen LogP contribution < -0.4 is 15.5 Å². The highest BCUT2D eigenvalue weighted by Crippen LogP contribution is 2.18. The number of halogens is 1. The number of rotatable bonds is 5. The van der Waals surface area contributed by atoms with Crippen LogP contribution in [0.2, 0.25) is 0 Å². The predicted octanol–water partition coefficient (Wildman–Crippen LogP) is 2.32. The number of hydrogen-bond donors (Lipinski definition) is 2. The van der Waals surface area contributed by atoms with Crippen LogP contribution in [-0.4, -0.2) is 56.0 Å². The van der Waals surface area contributed by atoms with E-state index >= 15 is 0 Å². The van der Waals surface area contributed by atoms with Crippen LogP contribution in [0.25, 0.3) is 0 Å². The molecule has 0 atom stereocenters. The molecule has 0 aromatic heterocycles. The van der Waals surface area contributed by atoms with Gasteiger partial charge in [-0.1, -0.05) is 12.1 Å². The van der Waals surface area contributed by atoms with Crippen LogP contribution in [0.5, 0.6) is 0 Å². The summed E-state index contributed by atoms with van der Waals surface area (Å²) in [6, 6.07) is 12.1. The van der Waals surface area contributed by atoms with Crippen molar-refractivity contribution in [3.8, 4) is 0 Å². The van der Waals surface area contributed by atoms with Crippen molar-refractivity contribution < 1.29 is 14.0 Å². The van der Waals surface area contributed by atoms with E-state index in [9.17, 15) is 14.0 Å². The molecule has 1 aliphatic rings. The molecule has 154 valence electrons. The molecule has 7 heteroatoms. The molecule has 2 N–H and O–H groups in total. The first-order chi connectivity index (χ1) is 13.9. The third kappa shape index (κ3) is 5.54. The zero-order valence-corrected chi connectivity index (χ0v) is 16.9. The van der Waals surface area contributed by atoms with Crippen LogP contribution in [0, 0.1) is 19.7 Å². The maximum absolute atomic E-state index is 13.0. The van der Waals surface area contributed by atoms with Gasteiger partial charge in [0.25, 0.3) is 0 Å². The molecule has 1 fully saturated rings. The zero-order valence-electron chi connectivity index (χ0n) is 16.9. The van der Waals surface area contributed by atoms with Crippen molar-refractivity contribution in [1.82, 2.24) is 10.2 Å². The number of aryl methyl sites for hydroxylation is 1. The van der Waals surface area contributed by atoms with E-state index in [1.807, 2.05) is 26.0 Å². The van der Waals surface area contributed by atoms with Gasteiger partial charge in [0.05, 0.1) is 0 Å². The van der Waals surface area contributed by atoms with Crippen LogP contribution in [-0.2, 0) is 9.59 Å². The second kappa shape index (κ2) is 9.52. The van der Waals surface area contributed by atoms with Crippen LogP contribution in [0.1, 0.15) is 11.1 Å². The van der Waals surface area contributed by atoms with Gasteiger partial charge in [-0.2, -0.15) is 0 Å². The lowest BCUT2D eigenvalue weighted by Gasteiger charge is -2.36. The number of anilines is 2. The smallest absolute Gasteiger partial charge is 0.313 e. The van der Waals surface area contributed by atoms with Crippen molar-refractivity contribution in [2.75, 3.05) is 49.5 Å². The van der Waals surface area contributed by atoms with Crippen molar-refractivity contribution in [3.05, 3.63) is 59.4 Å². The molecule has 0 aliphatic carbocycles. The molecule has 0 unspecified atom stereocenters. The molecule has 6 nitrogen and oxygen atoms in total. The van der Waals surface area contributed by atoms with Crippen LogP contribution in [0.3, 0.4) is 0 Å². The highest BCUT2D eigenvalue weighted by Gasteiger charge is 2.18. The topological polar surface area (TPSA) is 64.7 Å². The number of carbonyl (C=O) groups excluding carboxylic acids is 2. The fourth-order valence-electron chi connectivity index (χ4n) is 3.36. The highest BCUT2D eigenvalue weighted by molar-refractivity contribution is 6.39. The Kier molecular flexibility index (Phi) is 6.82. The molecule has 29 heavy (non-hydrogen) atoms. The SMILES string of the molecule is Cc1cccc(NC(=O)C(=O)NCCN2CCN(c3ccc(F)cc3)CC2)c1C. The first-order valence-electron chi connectivity index (χ1n) is 9.82. The maximum atomic E-state index is 13.0. The van der Waals surface area contributed by atoms with Crippen LogP contribution >= 0.6 is 0 Å². The molecule has 0 bridgehead atoms. The number of amides is 2. The normalized spacial score (nSPS) is 14.5. The maximum Gasteiger partial charge on any atom is 0.313 e. The van der Waals surface area contributed by atoms with E-state index in [0.717, 1.165) is 43.0 Å². The molecule has 0 saturated carbocycles. The van der Waals surface area contributed by atoms with Gasteiger partial charge in [-0.3, -0.25) is 14.5 Å². The zero-order chi connectivity index (χ0) is 20.8. The van der Waals surface area contributed by atoms with E-state index in [-0.39, 0.29) is 5.82 Å². The summed E-state index contributed by atoms with van der Waals surface area (Å²) in [5.74, 6) is -1.51. The monoisotopic (exact) mass is 398 g/mol. The van der Waals surface area contributed by atoms with Crippen LogP contribution in [0.15, 0.2) is 42.5 Å². The Morgan fingerprint density at radius 1 is 0.966 bits per heavy atom. The van der Waals surface area contributed by atoms with Crippen molar-refractivity contribution in [2.24, 2.45) is 0 Å². The Morgan fingerprint density at radius 3 is 2.34 bits per heavy atom. The minimum absolute atomic E-state index is 0.232. The van der Waals surface area contributed by atoms with Crippen molar-refractivity contribution in [2.45, 2.75) is 13.8 Å². The van der Waals surface area contributed by atoms with Gasteiger partial charge in [0.2, 0.25) is 0 Å². The third-order valence-corrected chi connectivity index (χ3v) is 5.34. The fourth-order valence-corrected chi connectivity index (χ4v) is 3.36. The third-order valence-electron chi connectivity index (χ3n) is 5.34. The van der Waals surface area contributed by atoms with Crippen molar-refractivity contribution in [1.29, 1.82) is 0 Å². The van der Waals surface area contributed by atoms with Crippen molar-refractivity contribution in [3.63, 3.8) is 0 Å². The van der Waals surface area contributed by atoms with Crippen LogP contribution in [0.4, 0.5) is 15.8 Å². The van der Waals surface area contributed by atoms with Gasteiger partial charge in [-0.05, 0) is 55.3 Å². The summed E-state index contributed by atoms with van der Waals surface area (Å²) in [5.41, 5.74) is 3.68.